The minimum absolute atomic E-state index is 0.145. The van der Waals surface area contributed by atoms with Crippen LogP contribution < -0.4 is 42.2 Å². The molecule has 0 radical (unpaired) electrons. The van der Waals surface area contributed by atoms with E-state index in [-0.39, 0.29) is 12.8 Å². The molecule has 4 atom stereocenters. The van der Waals surface area contributed by atoms with Crippen LogP contribution in [0.1, 0.15) is 31.4 Å². The number of amides is 5. The summed E-state index contributed by atoms with van der Waals surface area (Å²) in [6.45, 7) is 2.99. The Morgan fingerprint density at radius 3 is 2.13 bits per heavy atom. The van der Waals surface area contributed by atoms with E-state index in [1.165, 1.54) is 21.1 Å². The molecule has 3 unspecified atom stereocenters. The molecule has 2 rings (SSSR count). The highest BCUT2D eigenvalue weighted by Gasteiger charge is 2.27. The molecule has 0 heterocycles. The van der Waals surface area contributed by atoms with Crippen LogP contribution in [-0.2, 0) is 36.8 Å². The summed E-state index contributed by atoms with van der Waals surface area (Å²) in [7, 11) is 3.02. The van der Waals surface area contributed by atoms with Crippen molar-refractivity contribution in [1.82, 2.24) is 21.3 Å². The Bertz CT molecular complexity index is 1300. The molecule has 0 aromatic heterocycles. The van der Waals surface area contributed by atoms with Gasteiger partial charge in [0, 0.05) is 6.42 Å². The zero-order chi connectivity index (χ0) is 33.4. The number of thioether (sulfide) groups is 1. The molecule has 0 aliphatic carbocycles. The van der Waals surface area contributed by atoms with Gasteiger partial charge in [0.15, 0.2) is 11.5 Å². The highest BCUT2D eigenvalue weighted by atomic mass is 32.2. The third kappa shape index (κ3) is 12.7. The van der Waals surface area contributed by atoms with Gasteiger partial charge in [-0.15, -0.1) is 0 Å². The lowest BCUT2D eigenvalue weighted by molar-refractivity contribution is -0.132. The van der Waals surface area contributed by atoms with Gasteiger partial charge in [0.2, 0.25) is 29.5 Å². The molecule has 0 spiro atoms. The van der Waals surface area contributed by atoms with E-state index in [2.05, 4.69) is 21.3 Å². The largest absolute Gasteiger partial charge is 0.493 e. The van der Waals surface area contributed by atoms with Crippen LogP contribution >= 0.6 is 11.8 Å². The molecule has 45 heavy (non-hydrogen) atoms. The maximum Gasteiger partial charge on any atom is 0.243 e. The molecule has 0 bridgehead atoms. The molecule has 246 valence electrons. The number of benzene rings is 2. The fourth-order valence-corrected chi connectivity index (χ4v) is 4.96. The first kappa shape index (κ1) is 36.9. The van der Waals surface area contributed by atoms with Crippen LogP contribution in [0.3, 0.4) is 0 Å². The number of primary amides is 1. The lowest BCUT2D eigenvalue weighted by atomic mass is 10.0. The van der Waals surface area contributed by atoms with Crippen molar-refractivity contribution in [2.45, 2.75) is 57.3 Å². The Kier molecular flexibility index (Phi) is 15.7. The van der Waals surface area contributed by atoms with Crippen molar-refractivity contribution in [1.29, 1.82) is 0 Å². The first-order valence-electron chi connectivity index (χ1n) is 14.5. The van der Waals surface area contributed by atoms with Crippen molar-refractivity contribution in [3.8, 4) is 11.5 Å². The molecule has 2 aromatic rings. The number of ether oxygens (including phenoxy) is 2. The van der Waals surface area contributed by atoms with E-state index in [0.717, 1.165) is 16.9 Å². The molecule has 0 aliphatic rings. The monoisotopic (exact) mass is 644 g/mol. The summed E-state index contributed by atoms with van der Waals surface area (Å²) in [4.78, 5) is 63.2. The summed E-state index contributed by atoms with van der Waals surface area (Å²) in [6.07, 6.45) is 0.678. The number of hydrogen-bond donors (Lipinski definition) is 6. The second-order valence-electron chi connectivity index (χ2n) is 10.2. The topological polar surface area (TPSA) is 204 Å². The Balaban J connectivity index is 1.95. The Morgan fingerprint density at radius 1 is 0.822 bits per heavy atom. The normalized spacial score (nSPS) is 13.4. The smallest absolute Gasteiger partial charge is 0.243 e. The number of methoxy groups -OCH3 is 2. The SMILES string of the molecule is CCSCCC(NC(=O)C(Cc1ccccc1)NC(=O)CNC(=O)[C@@H](C)NC(=O)C(N)Cc1ccc(OC)c(OC)c1)C(N)=O. The Hall–Kier alpha value is -4.30. The van der Waals surface area contributed by atoms with E-state index in [4.69, 9.17) is 20.9 Å². The third-order valence-corrected chi connectivity index (χ3v) is 7.70. The van der Waals surface area contributed by atoms with Gasteiger partial charge in [-0.25, -0.2) is 0 Å². The van der Waals surface area contributed by atoms with Crippen LogP contribution in [0.25, 0.3) is 0 Å². The molecule has 8 N–H and O–H groups in total. The van der Waals surface area contributed by atoms with E-state index in [1.807, 2.05) is 13.0 Å². The lowest BCUT2D eigenvalue weighted by Crippen LogP contribution is -2.56. The van der Waals surface area contributed by atoms with E-state index in [9.17, 15) is 24.0 Å². The molecule has 0 saturated heterocycles. The number of carbonyl (C=O) groups excluding carboxylic acids is 5. The van der Waals surface area contributed by atoms with Crippen LogP contribution in [-0.4, -0.2) is 86.0 Å². The minimum Gasteiger partial charge on any atom is -0.493 e. The van der Waals surface area contributed by atoms with Gasteiger partial charge in [-0.3, -0.25) is 24.0 Å². The van der Waals surface area contributed by atoms with Crippen LogP contribution in [0.4, 0.5) is 0 Å². The van der Waals surface area contributed by atoms with Gasteiger partial charge in [0.05, 0.1) is 26.8 Å². The molecular weight excluding hydrogens is 600 g/mol. The Morgan fingerprint density at radius 2 is 1.51 bits per heavy atom. The van der Waals surface area contributed by atoms with Crippen LogP contribution in [0.5, 0.6) is 11.5 Å². The Labute approximate surface area is 267 Å². The first-order chi connectivity index (χ1) is 21.5. The van der Waals surface area contributed by atoms with Gasteiger partial charge < -0.3 is 42.2 Å². The fourth-order valence-electron chi connectivity index (χ4n) is 4.27. The van der Waals surface area contributed by atoms with Crippen molar-refractivity contribution in [2.24, 2.45) is 11.5 Å². The van der Waals surface area contributed by atoms with Gasteiger partial charge in [-0.1, -0.05) is 43.3 Å². The van der Waals surface area contributed by atoms with Crippen molar-refractivity contribution in [2.75, 3.05) is 32.3 Å². The second-order valence-corrected chi connectivity index (χ2v) is 11.6. The highest BCUT2D eigenvalue weighted by Crippen LogP contribution is 2.27. The standard InChI is InChI=1S/C31H44N6O7S/c1-5-45-14-13-23(28(33)39)37-31(42)24(16-20-9-7-6-8-10-20)36-27(38)18-34-29(40)19(2)35-30(41)22(32)15-21-11-12-25(43-3)26(17-21)44-4/h6-12,17,19,22-24H,5,13-16,18,32H2,1-4H3,(H2,33,39)(H,34,40)(H,35,41)(H,36,38)(H,37,42)/t19-,22?,23?,24?/m1/s1. The number of nitrogens with two attached hydrogens (primary N) is 2. The molecule has 14 heteroatoms. The molecular formula is C31H44N6O7S. The predicted octanol–water partition coefficient (Wildman–Crippen LogP) is 0.0353. The maximum atomic E-state index is 13.2. The zero-order valence-electron chi connectivity index (χ0n) is 26.1. The number of carbonyl (C=O) groups is 5. The zero-order valence-corrected chi connectivity index (χ0v) is 26.9. The highest BCUT2D eigenvalue weighted by molar-refractivity contribution is 7.99. The summed E-state index contributed by atoms with van der Waals surface area (Å²) >= 11 is 1.61. The van der Waals surface area contributed by atoms with Gasteiger partial charge in [-0.2, -0.15) is 11.8 Å². The van der Waals surface area contributed by atoms with Crippen LogP contribution in [0.2, 0.25) is 0 Å². The van der Waals surface area contributed by atoms with E-state index in [1.54, 1.807) is 54.2 Å². The predicted molar refractivity (Wildman–Crippen MR) is 173 cm³/mol. The maximum absolute atomic E-state index is 13.2. The van der Waals surface area contributed by atoms with Gasteiger partial charge >= 0.3 is 0 Å². The van der Waals surface area contributed by atoms with E-state index >= 15 is 0 Å². The van der Waals surface area contributed by atoms with Gasteiger partial charge in [0.25, 0.3) is 0 Å². The minimum atomic E-state index is -1.04. The second kappa shape index (κ2) is 19.2. The summed E-state index contributed by atoms with van der Waals surface area (Å²) in [5.41, 5.74) is 13.1. The lowest BCUT2D eigenvalue weighted by Gasteiger charge is -2.22. The van der Waals surface area contributed by atoms with Crippen LogP contribution in [0, 0.1) is 0 Å². The first-order valence-corrected chi connectivity index (χ1v) is 15.7. The van der Waals surface area contributed by atoms with Crippen molar-refractivity contribution >= 4 is 41.3 Å². The average Bonchev–Trinajstić information content (AvgIpc) is 3.02. The summed E-state index contributed by atoms with van der Waals surface area (Å²) < 4.78 is 10.5. The number of nitrogens with one attached hydrogen (secondary N) is 4. The molecule has 0 aliphatic heterocycles. The molecule has 0 fully saturated rings. The van der Waals surface area contributed by atoms with E-state index < -0.39 is 60.2 Å². The third-order valence-electron chi connectivity index (χ3n) is 6.76. The van der Waals surface area contributed by atoms with E-state index in [0.29, 0.717) is 23.7 Å². The summed E-state index contributed by atoms with van der Waals surface area (Å²) in [5, 5.41) is 10.3. The van der Waals surface area contributed by atoms with Crippen molar-refractivity contribution in [3.05, 3.63) is 59.7 Å². The fraction of sp³-hybridized carbons (Fsp3) is 0.452. The quantitative estimate of drug-likeness (QED) is 0.114. The van der Waals surface area contributed by atoms with Gasteiger partial charge in [0.1, 0.15) is 18.1 Å². The van der Waals surface area contributed by atoms with Gasteiger partial charge in [-0.05, 0) is 54.5 Å². The molecule has 0 saturated carbocycles. The number of hydrogen-bond acceptors (Lipinski definition) is 9. The summed E-state index contributed by atoms with van der Waals surface area (Å²) in [6, 6.07) is 10.3. The number of rotatable bonds is 19. The summed E-state index contributed by atoms with van der Waals surface area (Å²) in [5.74, 6) is -0.549. The molecule has 13 nitrogen and oxygen atoms in total. The van der Waals surface area contributed by atoms with Crippen molar-refractivity contribution in [3.63, 3.8) is 0 Å². The van der Waals surface area contributed by atoms with Crippen molar-refractivity contribution < 1.29 is 33.4 Å². The van der Waals surface area contributed by atoms with Crippen LogP contribution in [0.15, 0.2) is 48.5 Å². The molecule has 5 amide bonds. The average molecular weight is 645 g/mol. The molecule has 2 aromatic carbocycles.